The first kappa shape index (κ1) is 19.6. The molecule has 3 atom stereocenters. The maximum atomic E-state index is 12.4. The molecule has 25 heavy (non-hydrogen) atoms. The maximum absolute atomic E-state index is 12.4. The fourth-order valence-electron chi connectivity index (χ4n) is 2.89. The standard InChI is InChI=1S/C16H25N3O5S/c1-9(12(21)17-14(23)18-15(2,3)4)24-13(22)10-8-25-16(5)7-6-11(20)19(10)16/h9-10H,6-8H2,1-5H3,(H2,17,18,21,23)/t9-,10+,16+/m1/s1. The topological polar surface area (TPSA) is 105 Å². The number of rotatable bonds is 3. The fraction of sp³-hybridized carbons (Fsp3) is 0.750. The molecule has 0 unspecified atom stereocenters. The van der Waals surface area contributed by atoms with Crippen LogP contribution in [0.5, 0.6) is 0 Å². The number of urea groups is 1. The van der Waals surface area contributed by atoms with Crippen LogP contribution in [0.15, 0.2) is 0 Å². The van der Waals surface area contributed by atoms with Gasteiger partial charge in [0.05, 0.1) is 4.87 Å². The van der Waals surface area contributed by atoms with Gasteiger partial charge in [-0.05, 0) is 41.0 Å². The molecule has 4 amide bonds. The van der Waals surface area contributed by atoms with E-state index in [1.807, 2.05) is 6.92 Å². The minimum Gasteiger partial charge on any atom is -0.451 e. The molecule has 0 bridgehead atoms. The summed E-state index contributed by atoms with van der Waals surface area (Å²) in [6.07, 6.45) is -0.0210. The van der Waals surface area contributed by atoms with Gasteiger partial charge >= 0.3 is 12.0 Å². The average molecular weight is 371 g/mol. The van der Waals surface area contributed by atoms with Crippen LogP contribution in [-0.2, 0) is 19.1 Å². The number of carbonyl (C=O) groups is 4. The van der Waals surface area contributed by atoms with Gasteiger partial charge in [-0.2, -0.15) is 0 Å². The summed E-state index contributed by atoms with van der Waals surface area (Å²) in [6, 6.07) is -1.34. The Kier molecular flexibility index (Phi) is 5.36. The fourth-order valence-corrected chi connectivity index (χ4v) is 4.30. The molecule has 0 radical (unpaired) electrons. The summed E-state index contributed by atoms with van der Waals surface area (Å²) in [5.74, 6) is -0.961. The number of ether oxygens (including phenoxy) is 1. The van der Waals surface area contributed by atoms with Crippen LogP contribution in [-0.4, -0.2) is 57.0 Å². The molecule has 0 aromatic carbocycles. The normalized spacial score (nSPS) is 26.8. The number of esters is 1. The number of carbonyl (C=O) groups excluding carboxylic acids is 4. The van der Waals surface area contributed by atoms with E-state index in [0.717, 1.165) is 0 Å². The van der Waals surface area contributed by atoms with E-state index in [1.165, 1.54) is 6.92 Å². The summed E-state index contributed by atoms with van der Waals surface area (Å²) in [4.78, 5) is 49.4. The monoisotopic (exact) mass is 371 g/mol. The molecule has 140 valence electrons. The van der Waals surface area contributed by atoms with Crippen molar-refractivity contribution in [2.24, 2.45) is 0 Å². The lowest BCUT2D eigenvalue weighted by atomic mass is 10.1. The Balaban J connectivity index is 1.91. The molecule has 0 saturated carbocycles. The molecule has 2 fully saturated rings. The highest BCUT2D eigenvalue weighted by Gasteiger charge is 2.53. The zero-order chi connectivity index (χ0) is 19.0. The van der Waals surface area contributed by atoms with Gasteiger partial charge in [0.2, 0.25) is 5.91 Å². The van der Waals surface area contributed by atoms with Gasteiger partial charge in [-0.15, -0.1) is 11.8 Å². The van der Waals surface area contributed by atoms with Crippen molar-refractivity contribution in [3.63, 3.8) is 0 Å². The predicted molar refractivity (Wildman–Crippen MR) is 92.7 cm³/mol. The highest BCUT2D eigenvalue weighted by molar-refractivity contribution is 8.01. The summed E-state index contributed by atoms with van der Waals surface area (Å²) in [7, 11) is 0. The number of nitrogens with one attached hydrogen (secondary N) is 2. The number of imide groups is 1. The lowest BCUT2D eigenvalue weighted by Crippen LogP contribution is -2.52. The van der Waals surface area contributed by atoms with Crippen molar-refractivity contribution in [2.45, 2.75) is 70.0 Å². The molecular formula is C16H25N3O5S. The van der Waals surface area contributed by atoms with Crippen LogP contribution in [0.2, 0.25) is 0 Å². The van der Waals surface area contributed by atoms with E-state index in [0.29, 0.717) is 18.6 Å². The zero-order valence-corrected chi connectivity index (χ0v) is 16.0. The second-order valence-corrected chi connectivity index (χ2v) is 9.04. The molecule has 2 heterocycles. The number of thioether (sulfide) groups is 1. The van der Waals surface area contributed by atoms with Crippen LogP contribution in [0.4, 0.5) is 4.79 Å². The van der Waals surface area contributed by atoms with Gasteiger partial charge in [0.25, 0.3) is 5.91 Å². The minimum atomic E-state index is -1.13. The lowest BCUT2D eigenvalue weighted by molar-refractivity contribution is -0.161. The van der Waals surface area contributed by atoms with Gasteiger partial charge in [0.15, 0.2) is 6.10 Å². The van der Waals surface area contributed by atoms with Gasteiger partial charge in [-0.25, -0.2) is 9.59 Å². The number of amides is 4. The van der Waals surface area contributed by atoms with E-state index in [4.69, 9.17) is 4.74 Å². The molecule has 0 aliphatic carbocycles. The van der Waals surface area contributed by atoms with Crippen LogP contribution in [0.25, 0.3) is 0 Å². The molecule has 9 heteroatoms. The van der Waals surface area contributed by atoms with Gasteiger partial charge in [0, 0.05) is 17.7 Å². The lowest BCUT2D eigenvalue weighted by Gasteiger charge is -2.29. The molecule has 0 aromatic rings. The number of fused-ring (bicyclic) bond motifs is 1. The van der Waals surface area contributed by atoms with Gasteiger partial charge < -0.3 is 15.0 Å². The Bertz CT molecular complexity index is 603. The predicted octanol–water partition coefficient (Wildman–Crippen LogP) is 0.996. The highest BCUT2D eigenvalue weighted by Crippen LogP contribution is 2.47. The molecule has 2 aliphatic heterocycles. The van der Waals surface area contributed by atoms with E-state index in [-0.39, 0.29) is 10.8 Å². The highest BCUT2D eigenvalue weighted by atomic mass is 32.2. The smallest absolute Gasteiger partial charge is 0.330 e. The van der Waals surface area contributed by atoms with Crippen molar-refractivity contribution in [3.8, 4) is 0 Å². The summed E-state index contributed by atoms with van der Waals surface area (Å²) in [6.45, 7) is 8.67. The van der Waals surface area contributed by atoms with Crippen LogP contribution >= 0.6 is 11.8 Å². The summed E-state index contributed by atoms with van der Waals surface area (Å²) in [5.41, 5.74) is -0.494. The SMILES string of the molecule is C[C@@H](OC(=O)[C@@H]1CS[C@@]2(C)CCC(=O)N12)C(=O)NC(=O)NC(C)(C)C. The largest absolute Gasteiger partial charge is 0.451 e. The minimum absolute atomic E-state index is 0.0730. The molecule has 0 aromatic heterocycles. The second-order valence-electron chi connectivity index (χ2n) is 7.54. The van der Waals surface area contributed by atoms with Crippen molar-refractivity contribution >= 4 is 35.6 Å². The third kappa shape index (κ3) is 4.45. The second kappa shape index (κ2) is 6.86. The van der Waals surface area contributed by atoms with E-state index in [2.05, 4.69) is 10.6 Å². The van der Waals surface area contributed by atoms with Gasteiger partial charge in [-0.3, -0.25) is 14.9 Å². The van der Waals surface area contributed by atoms with Crippen molar-refractivity contribution in [2.75, 3.05) is 5.75 Å². The van der Waals surface area contributed by atoms with Crippen LogP contribution < -0.4 is 10.6 Å². The third-order valence-corrected chi connectivity index (χ3v) is 5.61. The Morgan fingerprint density at radius 2 is 2.00 bits per heavy atom. The third-order valence-electron chi connectivity index (χ3n) is 4.10. The van der Waals surface area contributed by atoms with Crippen LogP contribution in [0.3, 0.4) is 0 Å². The Morgan fingerprint density at radius 1 is 1.36 bits per heavy atom. The molecule has 0 spiro atoms. The average Bonchev–Trinajstić information content (AvgIpc) is 2.93. The van der Waals surface area contributed by atoms with Crippen molar-refractivity contribution in [1.82, 2.24) is 15.5 Å². The van der Waals surface area contributed by atoms with Crippen LogP contribution in [0.1, 0.15) is 47.5 Å². The van der Waals surface area contributed by atoms with E-state index >= 15 is 0 Å². The number of hydrogen-bond acceptors (Lipinski definition) is 6. The van der Waals surface area contributed by atoms with Crippen molar-refractivity contribution < 1.29 is 23.9 Å². The molecular weight excluding hydrogens is 346 g/mol. The van der Waals surface area contributed by atoms with Gasteiger partial charge in [0.1, 0.15) is 6.04 Å². The summed E-state index contributed by atoms with van der Waals surface area (Å²) in [5, 5.41) is 4.73. The first-order chi connectivity index (χ1) is 11.4. The Morgan fingerprint density at radius 3 is 2.60 bits per heavy atom. The van der Waals surface area contributed by atoms with Crippen molar-refractivity contribution in [3.05, 3.63) is 0 Å². The quantitative estimate of drug-likeness (QED) is 0.717. The number of nitrogens with zero attached hydrogens (tertiary/aromatic N) is 1. The van der Waals surface area contributed by atoms with E-state index in [9.17, 15) is 19.2 Å². The first-order valence-corrected chi connectivity index (χ1v) is 9.21. The summed E-state index contributed by atoms with van der Waals surface area (Å²) < 4.78 is 5.19. The van der Waals surface area contributed by atoms with E-state index < -0.39 is 35.6 Å². The molecule has 2 aliphatic rings. The summed E-state index contributed by atoms with van der Waals surface area (Å²) >= 11 is 1.55. The molecule has 8 nitrogen and oxygen atoms in total. The molecule has 2 saturated heterocycles. The van der Waals surface area contributed by atoms with Crippen LogP contribution in [0, 0.1) is 0 Å². The van der Waals surface area contributed by atoms with Gasteiger partial charge in [-0.1, -0.05) is 0 Å². The first-order valence-electron chi connectivity index (χ1n) is 8.22. The Labute approximate surface area is 151 Å². The maximum Gasteiger partial charge on any atom is 0.330 e. The zero-order valence-electron chi connectivity index (χ0n) is 15.2. The Hall–Kier alpha value is -1.77. The van der Waals surface area contributed by atoms with E-state index in [1.54, 1.807) is 37.4 Å². The number of hydrogen-bond donors (Lipinski definition) is 2. The van der Waals surface area contributed by atoms with Crippen molar-refractivity contribution in [1.29, 1.82) is 0 Å². The molecule has 2 N–H and O–H groups in total. The molecule has 2 rings (SSSR count).